The van der Waals surface area contributed by atoms with Gasteiger partial charge in [0.2, 0.25) is 0 Å². The van der Waals surface area contributed by atoms with Gasteiger partial charge in [-0.3, -0.25) is 19.7 Å². The Morgan fingerprint density at radius 1 is 1.18 bits per heavy atom. The maximum absolute atomic E-state index is 14.0. The number of aryl methyl sites for hydroxylation is 1. The van der Waals surface area contributed by atoms with Crippen molar-refractivity contribution in [3.63, 3.8) is 0 Å². The molecule has 2 atom stereocenters. The zero-order chi connectivity index (χ0) is 25.3. The molecule has 2 aromatic heterocycles. The number of ketones is 1. The van der Waals surface area contributed by atoms with E-state index in [2.05, 4.69) is 9.97 Å². The lowest BCUT2D eigenvalue weighted by molar-refractivity contribution is -0.141. The quantitative estimate of drug-likeness (QED) is 0.494. The highest BCUT2D eigenvalue weighted by molar-refractivity contribution is 6.33. The topological polar surface area (TPSA) is 72.4 Å². The lowest BCUT2D eigenvalue weighted by Gasteiger charge is -2.27. The molecule has 1 fully saturated rings. The molecule has 0 unspecified atom stereocenters. The van der Waals surface area contributed by atoms with Gasteiger partial charge >= 0.3 is 12.3 Å². The van der Waals surface area contributed by atoms with Crippen molar-refractivity contribution in [1.29, 1.82) is 0 Å². The van der Waals surface area contributed by atoms with E-state index in [4.69, 9.17) is 16.3 Å². The number of rotatable bonds is 5. The van der Waals surface area contributed by atoms with E-state index >= 15 is 0 Å². The van der Waals surface area contributed by atoms with E-state index in [1.807, 2.05) is 0 Å². The number of hydrogen-bond acceptors (Lipinski definition) is 5. The Morgan fingerprint density at radius 3 is 2.47 bits per heavy atom. The first-order valence-electron chi connectivity index (χ1n) is 10.6. The molecule has 3 heterocycles. The summed E-state index contributed by atoms with van der Waals surface area (Å²) in [6.45, 7) is 4.83. The van der Waals surface area contributed by atoms with Gasteiger partial charge in [-0.1, -0.05) is 17.7 Å². The van der Waals surface area contributed by atoms with Gasteiger partial charge < -0.3 is 4.74 Å². The van der Waals surface area contributed by atoms with Crippen molar-refractivity contribution in [3.05, 3.63) is 47.0 Å². The molecule has 0 saturated carbocycles. The lowest BCUT2D eigenvalue weighted by Crippen LogP contribution is -2.43. The predicted molar refractivity (Wildman–Crippen MR) is 117 cm³/mol. The summed E-state index contributed by atoms with van der Waals surface area (Å²) in [6.07, 6.45) is -4.16. The number of alkyl halides is 4. The second-order valence-electron chi connectivity index (χ2n) is 9.03. The molecule has 6 nitrogen and oxygen atoms in total. The molecule has 0 spiro atoms. The summed E-state index contributed by atoms with van der Waals surface area (Å²) in [5, 5.41) is 0.212. The van der Waals surface area contributed by atoms with Crippen molar-refractivity contribution in [2.75, 3.05) is 6.54 Å². The molecule has 0 N–H and O–H groups in total. The maximum Gasteiger partial charge on any atom is 0.433 e. The molecule has 0 aliphatic carbocycles. The van der Waals surface area contributed by atoms with Crippen molar-refractivity contribution in [1.82, 2.24) is 14.9 Å². The summed E-state index contributed by atoms with van der Waals surface area (Å²) in [5.74, 6) is -0.333. The van der Waals surface area contributed by atoms with Crippen molar-refractivity contribution >= 4 is 23.5 Å². The van der Waals surface area contributed by atoms with Crippen LogP contribution in [0, 0.1) is 0 Å². The molecule has 2 aromatic rings. The van der Waals surface area contributed by atoms with Crippen LogP contribution in [-0.4, -0.2) is 51.1 Å². The summed E-state index contributed by atoms with van der Waals surface area (Å²) in [4.78, 5) is 33.9. The fourth-order valence-corrected chi connectivity index (χ4v) is 3.80. The summed E-state index contributed by atoms with van der Waals surface area (Å²) in [6, 6.07) is 2.74. The largest absolute Gasteiger partial charge is 0.444 e. The van der Waals surface area contributed by atoms with E-state index < -0.39 is 35.8 Å². The van der Waals surface area contributed by atoms with E-state index in [1.54, 1.807) is 26.8 Å². The van der Waals surface area contributed by atoms with Gasteiger partial charge in [0.15, 0.2) is 5.78 Å². The molecule has 1 aliphatic heterocycles. The number of amides is 1. The first-order chi connectivity index (χ1) is 15.7. The van der Waals surface area contributed by atoms with Gasteiger partial charge in [0.05, 0.1) is 17.6 Å². The van der Waals surface area contributed by atoms with Gasteiger partial charge in [-0.25, -0.2) is 9.18 Å². The predicted octanol–water partition coefficient (Wildman–Crippen LogP) is 5.67. The van der Waals surface area contributed by atoms with Crippen LogP contribution in [0.3, 0.4) is 0 Å². The highest BCUT2D eigenvalue weighted by Gasteiger charge is 2.41. The molecule has 1 saturated heterocycles. The molecule has 11 heteroatoms. The minimum Gasteiger partial charge on any atom is -0.444 e. The Balaban J connectivity index is 1.70. The molecule has 0 bridgehead atoms. The van der Waals surface area contributed by atoms with Crippen LogP contribution >= 0.6 is 11.6 Å². The number of Topliss-reactive ketones (excluding diaryl/α,β-unsaturated/α-hetero) is 1. The second kappa shape index (κ2) is 9.85. The van der Waals surface area contributed by atoms with Crippen LogP contribution in [0.1, 0.15) is 45.0 Å². The molecule has 0 radical (unpaired) electrons. The molecule has 184 valence electrons. The smallest absolute Gasteiger partial charge is 0.433 e. The Labute approximate surface area is 199 Å². The van der Waals surface area contributed by atoms with Gasteiger partial charge in [-0.2, -0.15) is 13.2 Å². The average molecular weight is 502 g/mol. The maximum atomic E-state index is 14.0. The minimum atomic E-state index is -4.56. The zero-order valence-corrected chi connectivity index (χ0v) is 19.6. The zero-order valence-electron chi connectivity index (χ0n) is 18.8. The summed E-state index contributed by atoms with van der Waals surface area (Å²) in [7, 11) is 0. The number of carbonyl (C=O) groups is 2. The van der Waals surface area contributed by atoms with Crippen molar-refractivity contribution in [2.45, 2.75) is 64.0 Å². The number of halogens is 5. The number of nitrogens with zero attached hydrogens (tertiary/aromatic N) is 3. The third kappa shape index (κ3) is 6.43. The fraction of sp³-hybridized carbons (Fsp3) is 0.478. The monoisotopic (exact) mass is 501 g/mol. The molecule has 34 heavy (non-hydrogen) atoms. The summed E-state index contributed by atoms with van der Waals surface area (Å²) < 4.78 is 57.6. The normalized spacial score (nSPS) is 18.8. The first-order valence-corrected chi connectivity index (χ1v) is 11.0. The molecule has 0 aromatic carbocycles. The van der Waals surface area contributed by atoms with Crippen LogP contribution in [0.15, 0.2) is 30.6 Å². The van der Waals surface area contributed by atoms with Crippen LogP contribution in [0.5, 0.6) is 0 Å². The van der Waals surface area contributed by atoms with Gasteiger partial charge in [-0.05, 0) is 39.3 Å². The van der Waals surface area contributed by atoms with Crippen LogP contribution in [-0.2, 0) is 22.1 Å². The number of hydrogen-bond donors (Lipinski definition) is 0. The van der Waals surface area contributed by atoms with Gasteiger partial charge in [0.1, 0.15) is 17.5 Å². The van der Waals surface area contributed by atoms with Crippen LogP contribution in [0.4, 0.5) is 22.4 Å². The van der Waals surface area contributed by atoms with E-state index in [9.17, 15) is 27.2 Å². The fourth-order valence-electron chi connectivity index (χ4n) is 3.59. The number of pyridine rings is 2. The highest BCUT2D eigenvalue weighted by Crippen LogP contribution is 2.32. The Kier molecular flexibility index (Phi) is 7.50. The summed E-state index contributed by atoms with van der Waals surface area (Å²) >= 11 is 6.17. The number of ether oxygens (including phenoxy) is 1. The highest BCUT2D eigenvalue weighted by atomic mass is 35.5. The van der Waals surface area contributed by atoms with E-state index in [-0.39, 0.29) is 36.6 Å². The standard InChI is InChI=1S/C23H24ClF4N3O3/c1-22(2,3)34-21(33)31-12-14(25)8-18(31)19(32)6-5-15-9-16(17(24)11-29-15)13-4-7-20(30-10-13)23(26,27)28/h4,7,9-11,14,18H,5-6,8,12H2,1-3H3/t14-,18+/m1/s1. The molecular formula is C23H24ClF4N3O3. The molecular weight excluding hydrogens is 478 g/mol. The van der Waals surface area contributed by atoms with E-state index in [0.29, 0.717) is 16.8 Å². The Hall–Kier alpha value is -2.75. The first kappa shape index (κ1) is 25.9. The number of aromatic nitrogens is 2. The van der Waals surface area contributed by atoms with E-state index in [0.717, 1.165) is 17.2 Å². The third-order valence-corrected chi connectivity index (χ3v) is 5.46. The van der Waals surface area contributed by atoms with Gasteiger partial charge in [0.25, 0.3) is 0 Å². The third-order valence-electron chi connectivity index (χ3n) is 5.15. The average Bonchev–Trinajstić information content (AvgIpc) is 3.13. The van der Waals surface area contributed by atoms with Crippen molar-refractivity contribution < 1.29 is 31.9 Å². The molecule has 1 amide bonds. The van der Waals surface area contributed by atoms with Crippen molar-refractivity contribution in [3.8, 4) is 11.1 Å². The van der Waals surface area contributed by atoms with E-state index in [1.165, 1.54) is 12.3 Å². The molecule has 3 rings (SSSR count). The van der Waals surface area contributed by atoms with Crippen LogP contribution in [0.25, 0.3) is 11.1 Å². The minimum absolute atomic E-state index is 0.0178. The Morgan fingerprint density at radius 2 is 1.88 bits per heavy atom. The van der Waals surface area contributed by atoms with Crippen molar-refractivity contribution in [2.24, 2.45) is 0 Å². The van der Waals surface area contributed by atoms with Crippen LogP contribution in [0.2, 0.25) is 5.02 Å². The van der Waals surface area contributed by atoms with Gasteiger partial charge in [-0.15, -0.1) is 0 Å². The SMILES string of the molecule is CC(C)(C)OC(=O)N1C[C@H](F)C[C@H]1C(=O)CCc1cc(-c2ccc(C(F)(F)F)nc2)c(Cl)cn1. The lowest BCUT2D eigenvalue weighted by atomic mass is 10.0. The second-order valence-corrected chi connectivity index (χ2v) is 9.44. The molecule has 1 aliphatic rings. The van der Waals surface area contributed by atoms with Crippen LogP contribution < -0.4 is 0 Å². The van der Waals surface area contributed by atoms with Gasteiger partial charge in [0, 0.05) is 42.1 Å². The Bertz CT molecular complexity index is 1050. The number of likely N-dealkylation sites (tertiary alicyclic amines) is 1. The number of carbonyl (C=O) groups excluding carboxylic acids is 2. The summed E-state index contributed by atoms with van der Waals surface area (Å²) in [5.41, 5.74) is -0.563.